The van der Waals surface area contributed by atoms with Gasteiger partial charge in [-0.3, -0.25) is 9.97 Å². The fourth-order valence-electron chi connectivity index (χ4n) is 0.824. The molecule has 0 aromatic carbocycles. The van der Waals surface area contributed by atoms with Crippen molar-refractivity contribution >= 4 is 18.4 Å². The van der Waals surface area contributed by atoms with Crippen LogP contribution in [0.1, 0.15) is 18.7 Å². The lowest BCUT2D eigenvalue weighted by Crippen LogP contribution is -2.24. The molecular formula is C8H12ClN3O2. The van der Waals surface area contributed by atoms with Gasteiger partial charge in [-0.05, 0) is 6.92 Å². The molecule has 6 heteroatoms. The highest BCUT2D eigenvalue weighted by atomic mass is 35.5. The summed E-state index contributed by atoms with van der Waals surface area (Å²) in [7, 11) is 0. The quantitative estimate of drug-likeness (QED) is 0.745. The first-order chi connectivity index (χ1) is 6.25. The predicted molar refractivity (Wildman–Crippen MR) is 52.8 cm³/mol. The summed E-state index contributed by atoms with van der Waals surface area (Å²) in [6.45, 7) is 2.04. The number of halogens is 1. The topological polar surface area (TPSA) is 78.1 Å². The summed E-state index contributed by atoms with van der Waals surface area (Å²) in [6, 6.07) is -0.839. The standard InChI is InChI=1S/C8H11N3O2.ClH/c1-2-13-8(12)7(9)6-5-10-3-4-11-6;/h3-5,7H,2,9H2,1H3;1H. The van der Waals surface area contributed by atoms with E-state index in [1.807, 2.05) is 0 Å². The van der Waals surface area contributed by atoms with E-state index in [9.17, 15) is 4.79 Å². The van der Waals surface area contributed by atoms with Gasteiger partial charge in [-0.2, -0.15) is 0 Å². The second kappa shape index (κ2) is 6.28. The Kier molecular flexibility index (Phi) is 5.74. The number of aromatic nitrogens is 2. The Morgan fingerprint density at radius 3 is 2.86 bits per heavy atom. The molecule has 0 aliphatic carbocycles. The van der Waals surface area contributed by atoms with Gasteiger partial charge in [0, 0.05) is 12.4 Å². The van der Waals surface area contributed by atoms with Gasteiger partial charge in [-0.1, -0.05) is 0 Å². The van der Waals surface area contributed by atoms with Gasteiger partial charge >= 0.3 is 5.97 Å². The number of ether oxygens (including phenoxy) is 1. The lowest BCUT2D eigenvalue weighted by molar-refractivity contribution is -0.144. The number of carbonyl (C=O) groups is 1. The maximum Gasteiger partial charge on any atom is 0.329 e. The highest BCUT2D eigenvalue weighted by molar-refractivity contribution is 5.85. The van der Waals surface area contributed by atoms with Crippen molar-refractivity contribution < 1.29 is 9.53 Å². The molecule has 0 spiro atoms. The molecule has 0 radical (unpaired) electrons. The maximum atomic E-state index is 11.1. The largest absolute Gasteiger partial charge is 0.465 e. The van der Waals surface area contributed by atoms with Crippen molar-refractivity contribution in [1.82, 2.24) is 9.97 Å². The molecule has 78 valence electrons. The molecule has 5 nitrogen and oxygen atoms in total. The summed E-state index contributed by atoms with van der Waals surface area (Å²) in [5.74, 6) is -0.483. The summed E-state index contributed by atoms with van der Waals surface area (Å²) in [5, 5.41) is 0. The van der Waals surface area contributed by atoms with Gasteiger partial charge in [0.1, 0.15) is 6.04 Å². The minimum atomic E-state index is -0.839. The van der Waals surface area contributed by atoms with Gasteiger partial charge < -0.3 is 10.5 Å². The van der Waals surface area contributed by atoms with Crippen LogP contribution < -0.4 is 5.73 Å². The van der Waals surface area contributed by atoms with Crippen molar-refractivity contribution in [1.29, 1.82) is 0 Å². The molecule has 14 heavy (non-hydrogen) atoms. The van der Waals surface area contributed by atoms with Crippen molar-refractivity contribution in [2.75, 3.05) is 6.61 Å². The highest BCUT2D eigenvalue weighted by Gasteiger charge is 2.17. The van der Waals surface area contributed by atoms with Gasteiger partial charge in [-0.15, -0.1) is 12.4 Å². The molecular weight excluding hydrogens is 206 g/mol. The third-order valence-corrected chi connectivity index (χ3v) is 1.44. The first-order valence-corrected chi connectivity index (χ1v) is 3.93. The fraction of sp³-hybridized carbons (Fsp3) is 0.375. The average molecular weight is 218 g/mol. The number of esters is 1. The zero-order valence-electron chi connectivity index (χ0n) is 7.71. The zero-order valence-corrected chi connectivity index (χ0v) is 8.53. The van der Waals surface area contributed by atoms with Crippen LogP contribution in [0, 0.1) is 0 Å². The SMILES string of the molecule is CCOC(=O)C(N)c1cnccn1.Cl. The van der Waals surface area contributed by atoms with Gasteiger partial charge in [0.05, 0.1) is 18.5 Å². The normalized spacial score (nSPS) is 11.3. The van der Waals surface area contributed by atoms with Crippen molar-refractivity contribution in [2.45, 2.75) is 13.0 Å². The second-order valence-corrected chi connectivity index (χ2v) is 2.36. The van der Waals surface area contributed by atoms with E-state index in [2.05, 4.69) is 9.97 Å². The minimum absolute atomic E-state index is 0. The Bertz CT molecular complexity index is 281. The van der Waals surface area contributed by atoms with Crippen LogP contribution in [-0.2, 0) is 9.53 Å². The first-order valence-electron chi connectivity index (χ1n) is 3.93. The smallest absolute Gasteiger partial charge is 0.329 e. The molecule has 2 N–H and O–H groups in total. The van der Waals surface area contributed by atoms with E-state index in [0.717, 1.165) is 0 Å². The molecule has 1 atom stereocenters. The van der Waals surface area contributed by atoms with Crippen LogP contribution >= 0.6 is 12.4 Å². The van der Waals surface area contributed by atoms with Crippen LogP contribution in [0.25, 0.3) is 0 Å². The van der Waals surface area contributed by atoms with E-state index >= 15 is 0 Å². The van der Waals surface area contributed by atoms with E-state index in [4.69, 9.17) is 10.5 Å². The number of nitrogens with zero attached hydrogens (tertiary/aromatic N) is 2. The van der Waals surface area contributed by atoms with E-state index in [0.29, 0.717) is 12.3 Å². The van der Waals surface area contributed by atoms with Crippen LogP contribution in [-0.4, -0.2) is 22.5 Å². The number of nitrogens with two attached hydrogens (primary N) is 1. The van der Waals surface area contributed by atoms with E-state index in [-0.39, 0.29) is 12.4 Å². The molecule has 0 aliphatic rings. The molecule has 0 aliphatic heterocycles. The predicted octanol–water partition coefficient (Wildman–Crippen LogP) is 0.461. The molecule has 1 aromatic rings. The van der Waals surface area contributed by atoms with Crippen molar-refractivity contribution in [3.63, 3.8) is 0 Å². The Hall–Kier alpha value is -1.20. The number of rotatable bonds is 3. The lowest BCUT2D eigenvalue weighted by Gasteiger charge is -2.08. The summed E-state index contributed by atoms with van der Waals surface area (Å²) in [4.78, 5) is 18.8. The average Bonchev–Trinajstić information content (AvgIpc) is 2.18. The third-order valence-electron chi connectivity index (χ3n) is 1.44. The minimum Gasteiger partial charge on any atom is -0.465 e. The van der Waals surface area contributed by atoms with Gasteiger partial charge in [-0.25, -0.2) is 4.79 Å². The monoisotopic (exact) mass is 217 g/mol. The van der Waals surface area contributed by atoms with Gasteiger partial charge in [0.25, 0.3) is 0 Å². The number of carbonyl (C=O) groups excluding carboxylic acids is 1. The molecule has 0 saturated heterocycles. The molecule has 0 bridgehead atoms. The second-order valence-electron chi connectivity index (χ2n) is 2.36. The van der Waals surface area contributed by atoms with E-state index < -0.39 is 12.0 Å². The van der Waals surface area contributed by atoms with E-state index in [1.165, 1.54) is 18.6 Å². The summed E-state index contributed by atoms with van der Waals surface area (Å²) < 4.78 is 4.73. The molecule has 1 heterocycles. The van der Waals surface area contributed by atoms with Crippen LogP contribution in [0.5, 0.6) is 0 Å². The van der Waals surface area contributed by atoms with Crippen molar-refractivity contribution in [2.24, 2.45) is 5.73 Å². The Morgan fingerprint density at radius 2 is 2.36 bits per heavy atom. The van der Waals surface area contributed by atoms with Gasteiger partial charge in [0.15, 0.2) is 0 Å². The third kappa shape index (κ3) is 3.27. The molecule has 1 unspecified atom stereocenters. The van der Waals surface area contributed by atoms with Crippen LogP contribution in [0.3, 0.4) is 0 Å². The van der Waals surface area contributed by atoms with E-state index in [1.54, 1.807) is 6.92 Å². The van der Waals surface area contributed by atoms with Crippen LogP contribution in [0.15, 0.2) is 18.6 Å². The van der Waals surface area contributed by atoms with Crippen LogP contribution in [0.2, 0.25) is 0 Å². The summed E-state index contributed by atoms with van der Waals surface area (Å²) >= 11 is 0. The van der Waals surface area contributed by atoms with Crippen LogP contribution in [0.4, 0.5) is 0 Å². The molecule has 0 amide bonds. The molecule has 1 rings (SSSR count). The van der Waals surface area contributed by atoms with Crippen molar-refractivity contribution in [3.8, 4) is 0 Å². The number of hydrogen-bond donors (Lipinski definition) is 1. The first kappa shape index (κ1) is 12.8. The highest BCUT2D eigenvalue weighted by Crippen LogP contribution is 2.05. The summed E-state index contributed by atoms with van der Waals surface area (Å²) in [5.41, 5.74) is 5.97. The number of hydrogen-bond acceptors (Lipinski definition) is 5. The summed E-state index contributed by atoms with van der Waals surface area (Å²) in [6.07, 6.45) is 4.44. The zero-order chi connectivity index (χ0) is 9.68. The van der Waals surface area contributed by atoms with Gasteiger partial charge in [0.2, 0.25) is 0 Å². The lowest BCUT2D eigenvalue weighted by atomic mass is 10.2. The molecule has 0 saturated carbocycles. The Balaban J connectivity index is 0.00000169. The maximum absolute atomic E-state index is 11.1. The molecule has 0 fully saturated rings. The molecule has 1 aromatic heterocycles. The Labute approximate surface area is 88.1 Å². The van der Waals surface area contributed by atoms with Crippen molar-refractivity contribution in [3.05, 3.63) is 24.3 Å². The Morgan fingerprint density at radius 1 is 1.64 bits per heavy atom. The fourth-order valence-corrected chi connectivity index (χ4v) is 0.824.